The van der Waals surface area contributed by atoms with Gasteiger partial charge in [0.15, 0.2) is 6.10 Å². The summed E-state index contributed by atoms with van der Waals surface area (Å²) in [5.41, 5.74) is 6.10. The lowest BCUT2D eigenvalue weighted by molar-refractivity contribution is -0.161. The summed E-state index contributed by atoms with van der Waals surface area (Å²) in [5, 5.41) is 29.0. The quantitative estimate of drug-likeness (QED) is 0.0206. The zero-order valence-electron chi connectivity index (χ0n) is 33.9. The van der Waals surface area contributed by atoms with Crippen molar-refractivity contribution in [3.63, 3.8) is 0 Å². The first kappa shape index (κ1) is 51.6. The number of unbranched alkanes of at least 4 members (excludes halogenated alkanes) is 17. The van der Waals surface area contributed by atoms with Gasteiger partial charge in [-0.3, -0.25) is 14.4 Å². The Morgan fingerprint density at radius 1 is 0.704 bits per heavy atom. The highest BCUT2D eigenvalue weighted by atomic mass is 32.2. The lowest BCUT2D eigenvalue weighted by atomic mass is 10.0. The Kier molecular flexibility index (Phi) is 37.1. The van der Waals surface area contributed by atoms with Crippen LogP contribution in [0.3, 0.4) is 0 Å². The van der Waals surface area contributed by atoms with E-state index in [0.717, 1.165) is 32.1 Å². The summed E-state index contributed by atoms with van der Waals surface area (Å²) in [6.07, 6.45) is 39.0. The van der Waals surface area contributed by atoms with Gasteiger partial charge in [-0.1, -0.05) is 165 Å². The van der Waals surface area contributed by atoms with Gasteiger partial charge in [0.2, 0.25) is 0 Å². The van der Waals surface area contributed by atoms with Gasteiger partial charge in [-0.2, -0.15) is 0 Å². The first-order chi connectivity index (χ1) is 26.2. The van der Waals surface area contributed by atoms with Crippen molar-refractivity contribution in [2.45, 2.75) is 191 Å². The highest BCUT2D eigenvalue weighted by Crippen LogP contribution is 2.22. The number of hydrogen-bond donors (Lipinski definition) is 4. The minimum Gasteiger partial charge on any atom is -0.481 e. The largest absolute Gasteiger partial charge is 0.481 e. The molecule has 0 radical (unpaired) electrons. The lowest BCUT2D eigenvalue weighted by Gasteiger charge is -2.21. The first-order valence-electron chi connectivity index (χ1n) is 21.1. The van der Waals surface area contributed by atoms with Crippen molar-refractivity contribution < 1.29 is 39.2 Å². The Balaban J connectivity index is 4.46. The third-order valence-electron chi connectivity index (χ3n) is 9.12. The van der Waals surface area contributed by atoms with Gasteiger partial charge in [-0.15, -0.1) is 11.8 Å². The summed E-state index contributed by atoms with van der Waals surface area (Å²) >= 11 is 1.28. The summed E-state index contributed by atoms with van der Waals surface area (Å²) in [7, 11) is 0. The van der Waals surface area contributed by atoms with Crippen LogP contribution < -0.4 is 5.73 Å². The number of carbonyl (C=O) groups is 3. The summed E-state index contributed by atoms with van der Waals surface area (Å²) in [4.78, 5) is 35.9. The van der Waals surface area contributed by atoms with Gasteiger partial charge in [0.25, 0.3) is 0 Å². The van der Waals surface area contributed by atoms with E-state index in [1.165, 1.54) is 108 Å². The average molecular weight is 780 g/mol. The fraction of sp³-hybridized carbons (Fsp3) is 0.750. The van der Waals surface area contributed by atoms with E-state index in [4.69, 9.17) is 20.3 Å². The number of thioether (sulfide) groups is 1. The molecule has 0 aromatic heterocycles. The van der Waals surface area contributed by atoms with E-state index in [2.05, 4.69) is 32.1 Å². The van der Waals surface area contributed by atoms with Gasteiger partial charge in [0.1, 0.15) is 12.6 Å². The van der Waals surface area contributed by atoms with Crippen molar-refractivity contribution in [1.29, 1.82) is 0 Å². The summed E-state index contributed by atoms with van der Waals surface area (Å²) in [5.74, 6) is -1.91. The Morgan fingerprint density at radius 2 is 1.28 bits per heavy atom. The molecule has 0 unspecified atom stereocenters. The number of carboxylic acids is 1. The predicted octanol–water partition coefficient (Wildman–Crippen LogP) is 9.94. The van der Waals surface area contributed by atoms with Crippen LogP contribution >= 0.6 is 11.8 Å². The van der Waals surface area contributed by atoms with Crippen molar-refractivity contribution >= 4 is 29.7 Å². The zero-order chi connectivity index (χ0) is 39.9. The SMILES string of the molecule is CCCCC/C=C\C\C=C/C=C/C=C/[C@@H](SC[C@H](N)C(=O)OC[C@H](CO)OC(=O)CCCCCCCCCCCCCCCCC)[C@@H](O)CCCC(=O)O. The maximum Gasteiger partial charge on any atom is 0.323 e. The molecule has 0 bridgehead atoms. The fourth-order valence-corrected chi connectivity index (χ4v) is 6.89. The van der Waals surface area contributed by atoms with Crippen LogP contribution in [-0.2, 0) is 23.9 Å². The van der Waals surface area contributed by atoms with Crippen molar-refractivity contribution in [3.8, 4) is 0 Å². The van der Waals surface area contributed by atoms with Gasteiger partial charge in [-0.05, 0) is 38.5 Å². The number of rotatable bonds is 38. The van der Waals surface area contributed by atoms with E-state index < -0.39 is 48.0 Å². The van der Waals surface area contributed by atoms with Crippen molar-refractivity contribution in [1.82, 2.24) is 0 Å². The van der Waals surface area contributed by atoms with Crippen LogP contribution in [0.25, 0.3) is 0 Å². The third-order valence-corrected chi connectivity index (χ3v) is 10.5. The lowest BCUT2D eigenvalue weighted by Crippen LogP contribution is -2.38. The predicted molar refractivity (Wildman–Crippen MR) is 225 cm³/mol. The first-order valence-corrected chi connectivity index (χ1v) is 22.2. The molecule has 0 saturated carbocycles. The van der Waals surface area contributed by atoms with E-state index >= 15 is 0 Å². The van der Waals surface area contributed by atoms with Crippen molar-refractivity contribution in [2.75, 3.05) is 19.0 Å². The molecule has 0 spiro atoms. The second-order valence-corrected chi connectivity index (χ2v) is 15.5. The van der Waals surface area contributed by atoms with E-state index in [-0.39, 0.29) is 31.6 Å². The number of carboxylic acid groups (broad SMARTS) is 1. The Bertz CT molecular complexity index is 1030. The summed E-state index contributed by atoms with van der Waals surface area (Å²) < 4.78 is 10.6. The van der Waals surface area contributed by atoms with E-state index in [1.54, 1.807) is 0 Å². The second-order valence-electron chi connectivity index (χ2n) is 14.3. The number of allylic oxidation sites excluding steroid dienone is 7. The molecule has 0 aromatic rings. The number of aliphatic carboxylic acids is 1. The molecule has 0 aliphatic carbocycles. The molecule has 0 heterocycles. The molecule has 0 saturated heterocycles. The van der Waals surface area contributed by atoms with Crippen LogP contribution in [0.15, 0.2) is 48.6 Å². The smallest absolute Gasteiger partial charge is 0.323 e. The molecule has 0 aliphatic rings. The number of carbonyl (C=O) groups excluding carboxylic acids is 2. The van der Waals surface area contributed by atoms with Crippen molar-refractivity contribution in [2.24, 2.45) is 5.73 Å². The molecule has 0 aliphatic heterocycles. The number of hydrogen-bond acceptors (Lipinski definition) is 9. The van der Waals surface area contributed by atoms with Crippen LogP contribution in [0.2, 0.25) is 0 Å². The van der Waals surface area contributed by atoms with Crippen LogP contribution in [0.5, 0.6) is 0 Å². The topological polar surface area (TPSA) is 156 Å². The molecule has 312 valence electrons. The molecule has 0 aromatic carbocycles. The normalized spacial score (nSPS) is 14.3. The molecule has 5 N–H and O–H groups in total. The van der Waals surface area contributed by atoms with Crippen LogP contribution in [0, 0.1) is 0 Å². The zero-order valence-corrected chi connectivity index (χ0v) is 34.7. The van der Waals surface area contributed by atoms with Gasteiger partial charge in [0.05, 0.1) is 12.7 Å². The van der Waals surface area contributed by atoms with E-state index in [9.17, 15) is 24.6 Å². The van der Waals surface area contributed by atoms with Gasteiger partial charge in [0, 0.05) is 23.8 Å². The monoisotopic (exact) mass is 780 g/mol. The summed E-state index contributed by atoms with van der Waals surface area (Å²) in [6.45, 7) is 3.67. The minimum atomic E-state index is -1.01. The summed E-state index contributed by atoms with van der Waals surface area (Å²) in [6, 6.07) is -1.01. The molecule has 4 atom stereocenters. The molecule has 54 heavy (non-hydrogen) atoms. The number of aliphatic hydroxyl groups is 2. The number of ether oxygens (including phenoxy) is 2. The standard InChI is InChI=1S/C44H77NO8S/c1-3-5-7-9-11-13-15-17-18-19-21-23-25-27-29-34-43(50)53-38(35-46)36-52-44(51)39(45)37-54-41(40(47)31-30-33-42(48)49)32-28-26-24-22-20-16-14-12-10-8-6-4-2/h12,14,20,22,24,26,28,32,38-41,46-47H,3-11,13,15-19,21,23,25,27,29-31,33-37,45H2,1-2H3,(H,48,49)/b14-12-,22-20-,26-24+,32-28+/t38-,39-,40-,41+/m0/s1. The molecule has 0 rings (SSSR count). The number of aliphatic hydroxyl groups excluding tert-OH is 2. The molecule has 9 nitrogen and oxygen atoms in total. The Morgan fingerprint density at radius 3 is 1.87 bits per heavy atom. The number of nitrogens with two attached hydrogens (primary N) is 1. The molecule has 0 amide bonds. The average Bonchev–Trinajstić information content (AvgIpc) is 3.15. The van der Waals surface area contributed by atoms with E-state index in [0.29, 0.717) is 6.42 Å². The molecular weight excluding hydrogens is 703 g/mol. The second kappa shape index (κ2) is 38.9. The van der Waals surface area contributed by atoms with Crippen LogP contribution in [-0.4, -0.2) is 75.7 Å². The van der Waals surface area contributed by atoms with Crippen LogP contribution in [0.1, 0.15) is 168 Å². The van der Waals surface area contributed by atoms with Crippen LogP contribution in [0.4, 0.5) is 0 Å². The van der Waals surface area contributed by atoms with Gasteiger partial charge < -0.3 is 30.5 Å². The highest BCUT2D eigenvalue weighted by molar-refractivity contribution is 8.00. The minimum absolute atomic E-state index is 0.0438. The highest BCUT2D eigenvalue weighted by Gasteiger charge is 2.23. The number of esters is 2. The van der Waals surface area contributed by atoms with Gasteiger partial charge in [-0.25, -0.2) is 0 Å². The fourth-order valence-electron chi connectivity index (χ4n) is 5.76. The molecule has 10 heteroatoms. The van der Waals surface area contributed by atoms with Gasteiger partial charge >= 0.3 is 17.9 Å². The van der Waals surface area contributed by atoms with E-state index in [1.807, 2.05) is 30.4 Å². The molecule has 0 fully saturated rings. The Hall–Kier alpha value is -2.40. The van der Waals surface area contributed by atoms with Crippen molar-refractivity contribution in [3.05, 3.63) is 48.6 Å². The maximum absolute atomic E-state index is 12.6. The Labute approximate surface area is 332 Å². The third kappa shape index (κ3) is 34.1. The maximum atomic E-state index is 12.6. The molecular formula is C44H77NO8S.